The number of unbranched alkanes of at least 4 members (excludes halogenated alkanes) is 1. The summed E-state index contributed by atoms with van der Waals surface area (Å²) in [6, 6.07) is 17.7. The fraction of sp³-hybridized carbons (Fsp3) is 0.200. The summed E-state index contributed by atoms with van der Waals surface area (Å²) in [6.45, 7) is 0.473. The van der Waals surface area contributed by atoms with Crippen molar-refractivity contribution in [1.82, 2.24) is 25.2 Å². The van der Waals surface area contributed by atoms with Crippen LogP contribution in [0.3, 0.4) is 0 Å². The highest BCUT2D eigenvalue weighted by Gasteiger charge is 2.44. The summed E-state index contributed by atoms with van der Waals surface area (Å²) in [6.07, 6.45) is 3.66. The quantitative estimate of drug-likeness (QED) is 0.140. The molecule has 4 aromatic rings. The Morgan fingerprint density at radius 3 is 2.49 bits per heavy atom. The maximum Gasteiger partial charge on any atom is 0.345 e. The molecular weight excluding hydrogens is 496 g/mol. The number of pyridine rings is 1. The Bertz CT molecular complexity index is 1480. The lowest BCUT2D eigenvalue weighted by Crippen LogP contribution is -2.65. The molecule has 2 aromatic heterocycles. The van der Waals surface area contributed by atoms with Gasteiger partial charge in [-0.2, -0.15) is 9.82 Å². The number of carboxylic acids is 1. The van der Waals surface area contributed by atoms with Crippen LogP contribution < -0.4 is 15.4 Å². The summed E-state index contributed by atoms with van der Waals surface area (Å²) in [4.78, 5) is 30.0. The number of carbonyl (C=O) groups is 2. The average Bonchev–Trinajstić information content (AvgIpc) is 3.38. The lowest BCUT2D eigenvalue weighted by molar-refractivity contribution is -0.145. The van der Waals surface area contributed by atoms with Crippen molar-refractivity contribution < 1.29 is 23.1 Å². The van der Waals surface area contributed by atoms with Crippen molar-refractivity contribution in [1.29, 1.82) is 0 Å². The first-order valence-corrected chi connectivity index (χ1v) is 13.0. The van der Waals surface area contributed by atoms with Crippen LogP contribution in [0.5, 0.6) is 0 Å². The Morgan fingerprint density at radius 1 is 0.973 bits per heavy atom. The molecule has 1 unspecified atom stereocenters. The molecule has 0 radical (unpaired) electrons. The van der Waals surface area contributed by atoms with Gasteiger partial charge in [-0.1, -0.05) is 30.3 Å². The van der Waals surface area contributed by atoms with Crippen molar-refractivity contribution in [3.63, 3.8) is 0 Å². The number of fused-ring (bicyclic) bond motifs is 1. The third-order valence-corrected chi connectivity index (χ3v) is 7.24. The van der Waals surface area contributed by atoms with Crippen molar-refractivity contribution in [2.45, 2.75) is 29.8 Å². The molecule has 0 spiro atoms. The molecule has 192 valence electrons. The van der Waals surface area contributed by atoms with Crippen molar-refractivity contribution in [3.8, 4) is 0 Å². The van der Waals surface area contributed by atoms with E-state index < -0.39 is 27.6 Å². The van der Waals surface area contributed by atoms with E-state index in [0.717, 1.165) is 0 Å². The van der Waals surface area contributed by atoms with E-state index in [1.54, 1.807) is 36.5 Å². The van der Waals surface area contributed by atoms with E-state index in [1.807, 2.05) is 6.07 Å². The second kappa shape index (κ2) is 11.2. The van der Waals surface area contributed by atoms with Gasteiger partial charge < -0.3 is 15.7 Å². The van der Waals surface area contributed by atoms with Gasteiger partial charge in [-0.15, -0.1) is 0 Å². The van der Waals surface area contributed by atoms with E-state index >= 15 is 0 Å². The first kappa shape index (κ1) is 25.8. The van der Waals surface area contributed by atoms with Crippen molar-refractivity contribution in [2.24, 2.45) is 0 Å². The lowest BCUT2D eigenvalue weighted by atomic mass is 10.0. The summed E-state index contributed by atoms with van der Waals surface area (Å²) in [5, 5.41) is 23.0. The molecule has 12 heteroatoms. The number of nitrogens with zero attached hydrogens (tertiary/aromatic N) is 2. The molecule has 0 saturated carbocycles. The largest absolute Gasteiger partial charge is 0.478 e. The SMILES string of the molecule is O=C(NC(CCCCNc1ccccn1)(NS(=O)(=O)c1ccccc1)C(=O)O)c1cccc2[nH]ncc12. The number of hydrogen-bond donors (Lipinski definition) is 5. The van der Waals surface area contributed by atoms with Crippen LogP contribution in [0.1, 0.15) is 29.6 Å². The zero-order valence-corrected chi connectivity index (χ0v) is 20.5. The van der Waals surface area contributed by atoms with E-state index in [2.05, 4.69) is 30.5 Å². The predicted molar refractivity (Wildman–Crippen MR) is 137 cm³/mol. The van der Waals surface area contributed by atoms with Crippen LogP contribution >= 0.6 is 0 Å². The molecular formula is C25H26N6O5S. The van der Waals surface area contributed by atoms with Crippen LogP contribution in [0, 0.1) is 0 Å². The average molecular weight is 523 g/mol. The predicted octanol–water partition coefficient (Wildman–Crippen LogP) is 2.73. The number of nitrogens with one attached hydrogen (secondary N) is 4. The minimum Gasteiger partial charge on any atom is -0.478 e. The standard InChI is InChI=1S/C25H26N6O5S/c32-23(19-11-8-12-21-20(19)17-28-30-21)29-25(24(33)34,31-37(35,36)18-9-2-1-3-10-18)14-5-7-16-27-22-13-4-6-15-26-22/h1-4,6,8-13,15,17,31H,5,7,14,16H2,(H,26,27)(H,28,30)(H,29,32)(H,33,34). The Balaban J connectivity index is 1.58. The fourth-order valence-electron chi connectivity index (χ4n) is 3.86. The number of rotatable bonds is 12. The summed E-state index contributed by atoms with van der Waals surface area (Å²) >= 11 is 0. The summed E-state index contributed by atoms with van der Waals surface area (Å²) in [7, 11) is -4.30. The third-order valence-electron chi connectivity index (χ3n) is 5.73. The molecule has 2 heterocycles. The van der Waals surface area contributed by atoms with Gasteiger partial charge in [0.15, 0.2) is 0 Å². The van der Waals surface area contributed by atoms with Gasteiger partial charge >= 0.3 is 5.97 Å². The fourth-order valence-corrected chi connectivity index (χ4v) is 5.19. The van der Waals surface area contributed by atoms with Crippen LogP contribution in [0.25, 0.3) is 10.9 Å². The van der Waals surface area contributed by atoms with E-state index in [9.17, 15) is 23.1 Å². The topological polar surface area (TPSA) is 166 Å². The minimum atomic E-state index is -4.30. The third kappa shape index (κ3) is 6.11. The number of aliphatic carboxylic acids is 1. The van der Waals surface area contributed by atoms with Gasteiger partial charge in [-0.05, 0) is 55.7 Å². The number of carboxylic acid groups (broad SMARTS) is 1. The highest BCUT2D eigenvalue weighted by Crippen LogP contribution is 2.21. The van der Waals surface area contributed by atoms with Gasteiger partial charge in [0.2, 0.25) is 15.7 Å². The number of amides is 1. The summed E-state index contributed by atoms with van der Waals surface area (Å²) in [5.41, 5.74) is -1.56. The normalized spacial score (nSPS) is 13.1. The molecule has 4 rings (SSSR count). The van der Waals surface area contributed by atoms with Crippen LogP contribution in [0.15, 0.2) is 84.0 Å². The number of anilines is 1. The molecule has 0 aliphatic heterocycles. The zero-order valence-electron chi connectivity index (χ0n) is 19.7. The van der Waals surface area contributed by atoms with Gasteiger partial charge in [0, 0.05) is 18.1 Å². The number of carbonyl (C=O) groups excluding carboxylic acids is 1. The highest BCUT2D eigenvalue weighted by atomic mass is 32.2. The Morgan fingerprint density at radius 2 is 1.76 bits per heavy atom. The number of aromatic nitrogens is 3. The van der Waals surface area contributed by atoms with Crippen molar-refractivity contribution >= 4 is 38.6 Å². The second-order valence-corrected chi connectivity index (χ2v) is 10.0. The van der Waals surface area contributed by atoms with Crippen LogP contribution in [-0.2, 0) is 14.8 Å². The molecule has 0 aliphatic rings. The molecule has 0 aliphatic carbocycles. The van der Waals surface area contributed by atoms with Crippen LogP contribution in [0.4, 0.5) is 5.82 Å². The van der Waals surface area contributed by atoms with E-state index in [4.69, 9.17) is 0 Å². The molecule has 1 atom stereocenters. The minimum absolute atomic E-state index is 0.122. The zero-order chi connectivity index (χ0) is 26.3. The van der Waals surface area contributed by atoms with Gasteiger partial charge in [0.25, 0.3) is 5.91 Å². The molecule has 11 nitrogen and oxygen atoms in total. The number of hydrogen-bond acceptors (Lipinski definition) is 7. The number of benzene rings is 2. The Hall–Kier alpha value is -4.29. The van der Waals surface area contributed by atoms with Gasteiger partial charge in [-0.3, -0.25) is 9.89 Å². The molecule has 2 aromatic carbocycles. The van der Waals surface area contributed by atoms with E-state index in [0.29, 0.717) is 29.7 Å². The summed E-state index contributed by atoms with van der Waals surface area (Å²) in [5.74, 6) is -1.62. The monoisotopic (exact) mass is 522 g/mol. The van der Waals surface area contributed by atoms with Crippen LogP contribution in [-0.4, -0.2) is 52.8 Å². The van der Waals surface area contributed by atoms with E-state index in [-0.39, 0.29) is 23.3 Å². The van der Waals surface area contributed by atoms with Crippen molar-refractivity contribution in [2.75, 3.05) is 11.9 Å². The molecule has 0 saturated heterocycles. The van der Waals surface area contributed by atoms with Gasteiger partial charge in [0.1, 0.15) is 5.82 Å². The number of sulfonamides is 1. The van der Waals surface area contributed by atoms with E-state index in [1.165, 1.54) is 36.5 Å². The summed E-state index contributed by atoms with van der Waals surface area (Å²) < 4.78 is 28.6. The molecule has 1 amide bonds. The first-order valence-electron chi connectivity index (χ1n) is 11.5. The number of aromatic amines is 1. The molecule has 0 bridgehead atoms. The second-order valence-electron chi connectivity index (χ2n) is 8.32. The Labute approximate surface area is 213 Å². The Kier molecular flexibility index (Phi) is 7.80. The van der Waals surface area contributed by atoms with Gasteiger partial charge in [0.05, 0.1) is 22.2 Å². The number of H-pyrrole nitrogens is 1. The molecule has 37 heavy (non-hydrogen) atoms. The highest BCUT2D eigenvalue weighted by molar-refractivity contribution is 7.89. The smallest absolute Gasteiger partial charge is 0.345 e. The maximum atomic E-state index is 13.3. The van der Waals surface area contributed by atoms with Crippen molar-refractivity contribution in [3.05, 3.63) is 84.7 Å². The lowest BCUT2D eigenvalue weighted by Gasteiger charge is -2.31. The maximum absolute atomic E-state index is 13.3. The molecule has 0 fully saturated rings. The first-order chi connectivity index (χ1) is 17.8. The molecule has 5 N–H and O–H groups in total. The van der Waals surface area contributed by atoms with Gasteiger partial charge in [-0.25, -0.2) is 18.2 Å². The van der Waals surface area contributed by atoms with Crippen LogP contribution in [0.2, 0.25) is 0 Å².